The Labute approximate surface area is 118 Å². The Morgan fingerprint density at radius 3 is 2.70 bits per heavy atom. The van der Waals surface area contributed by atoms with Gasteiger partial charge < -0.3 is 10.2 Å². The molecule has 20 heavy (non-hydrogen) atoms. The zero-order valence-electron chi connectivity index (χ0n) is 11.6. The van der Waals surface area contributed by atoms with E-state index in [1.165, 1.54) is 25.3 Å². The van der Waals surface area contributed by atoms with E-state index in [1.54, 1.807) is 11.0 Å². The quantitative estimate of drug-likeness (QED) is 0.783. The van der Waals surface area contributed by atoms with Crippen LogP contribution in [0.5, 0.6) is 0 Å². The predicted molar refractivity (Wildman–Crippen MR) is 73.6 cm³/mol. The molecule has 4 bridgehead atoms. The third-order valence-corrected chi connectivity index (χ3v) is 5.27. The summed E-state index contributed by atoms with van der Waals surface area (Å²) in [7, 11) is 0. The lowest BCUT2D eigenvalue weighted by Gasteiger charge is -2.57. The fourth-order valence-corrected chi connectivity index (χ4v) is 4.83. The minimum absolute atomic E-state index is 0.0310. The normalized spacial score (nSPS) is 41.5. The maximum Gasteiger partial charge on any atom is 0.247 e. The van der Waals surface area contributed by atoms with Crippen molar-refractivity contribution in [2.45, 2.75) is 43.8 Å². The Bertz CT molecular complexity index is 450. The molecule has 0 spiro atoms. The van der Waals surface area contributed by atoms with Crippen LogP contribution in [0.3, 0.4) is 0 Å². The number of amides is 2. The van der Waals surface area contributed by atoms with Crippen LogP contribution < -0.4 is 10.6 Å². The summed E-state index contributed by atoms with van der Waals surface area (Å²) in [4.78, 5) is 25.4. The molecule has 3 aliphatic heterocycles. The number of nitrogens with zero attached hydrogens (tertiary/aromatic N) is 1. The van der Waals surface area contributed by atoms with E-state index in [-0.39, 0.29) is 24.0 Å². The number of nitrogens with one attached hydrogen (secondary N) is 2. The largest absolute Gasteiger partial charge is 0.336 e. The Morgan fingerprint density at radius 2 is 2.10 bits per heavy atom. The van der Waals surface area contributed by atoms with Gasteiger partial charge in [-0.3, -0.25) is 14.9 Å². The van der Waals surface area contributed by atoms with Gasteiger partial charge in [0.05, 0.1) is 5.66 Å². The second-order valence-electron chi connectivity index (χ2n) is 6.94. The number of piperidine rings is 2. The number of hydrogen-bond donors (Lipinski definition) is 2. The second kappa shape index (κ2) is 4.32. The molecule has 4 atom stereocenters. The van der Waals surface area contributed by atoms with Crippen LogP contribution in [0.15, 0.2) is 12.2 Å². The van der Waals surface area contributed by atoms with Crippen LogP contribution in [0.1, 0.15) is 32.1 Å². The van der Waals surface area contributed by atoms with Gasteiger partial charge in [0.1, 0.15) is 6.54 Å². The van der Waals surface area contributed by atoms with Crippen LogP contribution in [0.2, 0.25) is 0 Å². The van der Waals surface area contributed by atoms with E-state index in [1.807, 2.05) is 0 Å². The number of carbonyl (C=O) groups excluding carboxylic acids is 2. The zero-order valence-corrected chi connectivity index (χ0v) is 11.6. The molecule has 2 saturated heterocycles. The summed E-state index contributed by atoms with van der Waals surface area (Å²) < 4.78 is 0. The van der Waals surface area contributed by atoms with E-state index in [0.717, 1.165) is 24.7 Å². The van der Waals surface area contributed by atoms with Gasteiger partial charge in [0.15, 0.2) is 0 Å². The first kappa shape index (κ1) is 12.4. The van der Waals surface area contributed by atoms with E-state index in [9.17, 15) is 9.59 Å². The molecule has 2 saturated carbocycles. The summed E-state index contributed by atoms with van der Waals surface area (Å²) in [6.45, 7) is 0.732. The third-order valence-electron chi connectivity index (χ3n) is 5.27. The van der Waals surface area contributed by atoms with Crippen molar-refractivity contribution in [2.24, 2.45) is 11.8 Å². The van der Waals surface area contributed by atoms with E-state index in [2.05, 4.69) is 10.6 Å². The molecule has 0 radical (unpaired) electrons. The third kappa shape index (κ3) is 2.04. The zero-order chi connectivity index (χ0) is 13.7. The van der Waals surface area contributed by atoms with Gasteiger partial charge in [-0.15, -0.1) is 0 Å². The molecule has 0 unspecified atom stereocenters. The highest BCUT2D eigenvalue weighted by Gasteiger charge is 2.51. The van der Waals surface area contributed by atoms with Gasteiger partial charge >= 0.3 is 0 Å². The number of hydrogen-bond acceptors (Lipinski definition) is 3. The first-order valence-corrected chi connectivity index (χ1v) is 7.66. The van der Waals surface area contributed by atoms with Gasteiger partial charge in [0, 0.05) is 18.7 Å². The van der Waals surface area contributed by atoms with Gasteiger partial charge in [0.2, 0.25) is 11.8 Å². The lowest BCUT2D eigenvalue weighted by molar-refractivity contribution is -0.134. The molecule has 0 aromatic heterocycles. The smallest absolute Gasteiger partial charge is 0.247 e. The summed E-state index contributed by atoms with van der Waals surface area (Å²) >= 11 is 0. The van der Waals surface area contributed by atoms with Crippen molar-refractivity contribution < 1.29 is 9.59 Å². The molecular weight excluding hydrogens is 254 g/mol. The fourth-order valence-electron chi connectivity index (χ4n) is 4.83. The summed E-state index contributed by atoms with van der Waals surface area (Å²) in [5.74, 6) is 1.45. The van der Waals surface area contributed by atoms with E-state index < -0.39 is 0 Å². The van der Waals surface area contributed by atoms with Crippen molar-refractivity contribution in [3.05, 3.63) is 12.2 Å². The number of rotatable bonds is 3. The summed E-state index contributed by atoms with van der Waals surface area (Å²) in [5.41, 5.74) is -0.192. The van der Waals surface area contributed by atoms with E-state index >= 15 is 0 Å². The van der Waals surface area contributed by atoms with Crippen molar-refractivity contribution in [1.29, 1.82) is 0 Å². The molecule has 0 aromatic carbocycles. The Morgan fingerprint density at radius 1 is 1.35 bits per heavy atom. The average molecular weight is 275 g/mol. The van der Waals surface area contributed by atoms with Crippen molar-refractivity contribution in [2.75, 3.05) is 13.1 Å². The fraction of sp³-hybridized carbons (Fsp3) is 0.733. The summed E-state index contributed by atoms with van der Waals surface area (Å²) in [6, 6.07) is 0.580. The molecule has 2 aliphatic carbocycles. The van der Waals surface area contributed by atoms with Gasteiger partial charge in [-0.1, -0.05) is 6.08 Å². The summed E-state index contributed by atoms with van der Waals surface area (Å²) in [5, 5.41) is 6.84. The molecule has 5 heteroatoms. The molecular formula is C15H21N3O2. The minimum atomic E-state index is -0.192. The van der Waals surface area contributed by atoms with Gasteiger partial charge in [-0.05, 0) is 43.9 Å². The standard InChI is InChI=1S/C15H21N3O2/c19-13(9-18-3-1-2-14(18)20)17-15-7-10-4-11(8-15)6-12(5-10)16-15/h1-2,10-12,16H,3-9H2,(H,17,19)/t10-,11+,12+,15-. The second-order valence-corrected chi connectivity index (χ2v) is 6.94. The van der Waals surface area contributed by atoms with E-state index in [4.69, 9.17) is 0 Å². The van der Waals surface area contributed by atoms with Gasteiger partial charge in [0.25, 0.3) is 0 Å². The Hall–Kier alpha value is -1.36. The van der Waals surface area contributed by atoms with Crippen molar-refractivity contribution in [3.8, 4) is 0 Å². The molecule has 108 valence electrons. The SMILES string of the molecule is O=C(CN1CC=CC1=O)N[C@@]12C[C@@H]3C[C@@H](C[C@H](C3)N1)C2. The molecule has 2 N–H and O–H groups in total. The Balaban J connectivity index is 1.41. The topological polar surface area (TPSA) is 61.4 Å². The Kier molecular flexibility index (Phi) is 2.67. The van der Waals surface area contributed by atoms with Crippen molar-refractivity contribution >= 4 is 11.8 Å². The highest BCUT2D eigenvalue weighted by atomic mass is 16.2. The van der Waals surface area contributed by atoms with Crippen LogP contribution in [0.4, 0.5) is 0 Å². The van der Waals surface area contributed by atoms with Gasteiger partial charge in [-0.25, -0.2) is 0 Å². The van der Waals surface area contributed by atoms with Crippen LogP contribution in [0, 0.1) is 11.8 Å². The highest BCUT2D eigenvalue weighted by Crippen LogP contribution is 2.48. The molecule has 0 aromatic rings. The molecule has 4 fully saturated rings. The predicted octanol–water partition coefficient (Wildman–Crippen LogP) is 0.379. The van der Waals surface area contributed by atoms with Crippen LogP contribution >= 0.6 is 0 Å². The van der Waals surface area contributed by atoms with Crippen molar-refractivity contribution in [1.82, 2.24) is 15.5 Å². The first-order valence-electron chi connectivity index (χ1n) is 7.66. The molecule has 3 heterocycles. The maximum atomic E-state index is 12.3. The first-order chi connectivity index (χ1) is 9.62. The van der Waals surface area contributed by atoms with Crippen LogP contribution in [0.25, 0.3) is 0 Å². The highest BCUT2D eigenvalue weighted by molar-refractivity contribution is 5.93. The van der Waals surface area contributed by atoms with Crippen LogP contribution in [-0.2, 0) is 9.59 Å². The molecule has 5 nitrogen and oxygen atoms in total. The minimum Gasteiger partial charge on any atom is -0.336 e. The number of carbonyl (C=O) groups is 2. The van der Waals surface area contributed by atoms with Gasteiger partial charge in [-0.2, -0.15) is 0 Å². The summed E-state index contributed by atoms with van der Waals surface area (Å²) in [6.07, 6.45) is 9.32. The molecule has 5 rings (SSSR count). The average Bonchev–Trinajstić information content (AvgIpc) is 2.72. The lowest BCUT2D eigenvalue weighted by Crippen LogP contribution is -2.71. The molecule has 5 aliphatic rings. The van der Waals surface area contributed by atoms with Crippen LogP contribution in [-0.4, -0.2) is 41.5 Å². The monoisotopic (exact) mass is 275 g/mol. The maximum absolute atomic E-state index is 12.3. The van der Waals surface area contributed by atoms with Crippen molar-refractivity contribution in [3.63, 3.8) is 0 Å². The lowest BCUT2D eigenvalue weighted by atomic mass is 9.62. The molecule has 2 amide bonds. The van der Waals surface area contributed by atoms with E-state index in [0.29, 0.717) is 12.6 Å².